The number of fused-ring (bicyclic) bond motifs is 1. The molecule has 3 nitrogen and oxygen atoms in total. The summed E-state index contributed by atoms with van der Waals surface area (Å²) in [5.74, 6) is -0.492. The minimum atomic E-state index is -2.38. The lowest BCUT2D eigenvalue weighted by Crippen LogP contribution is -2.26. The molecular formula is C10H12N2O. The molecule has 1 amide bonds. The van der Waals surface area contributed by atoms with Crippen LogP contribution in [0.15, 0.2) is 18.3 Å². The molecule has 0 saturated carbocycles. The second-order valence-corrected chi connectivity index (χ2v) is 3.07. The van der Waals surface area contributed by atoms with Crippen molar-refractivity contribution in [2.24, 2.45) is 0 Å². The third-order valence-electron chi connectivity index (χ3n) is 2.17. The van der Waals surface area contributed by atoms with Crippen molar-refractivity contribution in [3.8, 4) is 0 Å². The average molecular weight is 179 g/mol. The third-order valence-corrected chi connectivity index (χ3v) is 2.17. The lowest BCUT2D eigenvalue weighted by atomic mass is 10.1. The molecule has 1 aliphatic heterocycles. The molecule has 1 aliphatic rings. The molecular weight excluding hydrogens is 164 g/mol. The molecule has 0 spiro atoms. The summed E-state index contributed by atoms with van der Waals surface area (Å²) in [6, 6.07) is 3.58. The number of hydrogen-bond acceptors (Lipinski definition) is 2. The Balaban J connectivity index is 2.41. The average Bonchev–Trinajstić information content (AvgIpc) is 2.38. The standard InChI is InChI=1S/C10H12N2O/c1-12-7-3-5-8-4-2-6-11-9(8)10(12)13/h2,4,6H,3,5,7H2,1H3/i1D3. The van der Waals surface area contributed by atoms with Crippen LogP contribution in [0.2, 0.25) is 0 Å². The van der Waals surface area contributed by atoms with Gasteiger partial charge in [0, 0.05) is 23.8 Å². The molecule has 0 aromatic carbocycles. The van der Waals surface area contributed by atoms with Crippen molar-refractivity contribution in [2.45, 2.75) is 12.8 Å². The summed E-state index contributed by atoms with van der Waals surface area (Å²) in [5.41, 5.74) is 1.11. The first kappa shape index (κ1) is 5.37. The largest absolute Gasteiger partial charge is 0.340 e. The maximum absolute atomic E-state index is 12.0. The zero-order chi connectivity index (χ0) is 11.8. The van der Waals surface area contributed by atoms with Crippen LogP contribution in [0.3, 0.4) is 0 Å². The van der Waals surface area contributed by atoms with E-state index < -0.39 is 12.9 Å². The molecule has 0 aliphatic carbocycles. The van der Waals surface area contributed by atoms with Gasteiger partial charge in [-0.1, -0.05) is 6.07 Å². The fraction of sp³-hybridized carbons (Fsp3) is 0.400. The summed E-state index contributed by atoms with van der Waals surface area (Å²) in [6.07, 6.45) is 2.87. The smallest absolute Gasteiger partial charge is 0.272 e. The van der Waals surface area contributed by atoms with Crippen LogP contribution in [-0.2, 0) is 6.42 Å². The second-order valence-electron chi connectivity index (χ2n) is 3.07. The molecule has 2 heterocycles. The molecule has 3 heteroatoms. The van der Waals surface area contributed by atoms with Crippen LogP contribution in [0.4, 0.5) is 0 Å². The Kier molecular flexibility index (Phi) is 1.31. The second kappa shape index (κ2) is 3.17. The van der Waals surface area contributed by atoms with E-state index in [9.17, 15) is 4.79 Å². The summed E-state index contributed by atoms with van der Waals surface area (Å²) >= 11 is 0. The van der Waals surface area contributed by atoms with Crippen LogP contribution in [0.25, 0.3) is 0 Å². The van der Waals surface area contributed by atoms with Crippen LogP contribution in [0.1, 0.15) is 26.6 Å². The quantitative estimate of drug-likeness (QED) is 0.597. The number of aryl methyl sites for hydroxylation is 1. The van der Waals surface area contributed by atoms with Crippen molar-refractivity contribution in [3.63, 3.8) is 0 Å². The van der Waals surface area contributed by atoms with Crippen LogP contribution in [0, 0.1) is 0 Å². The van der Waals surface area contributed by atoms with Gasteiger partial charge in [-0.05, 0) is 24.5 Å². The highest BCUT2D eigenvalue weighted by Crippen LogP contribution is 2.14. The number of hydrogen-bond donors (Lipinski definition) is 0. The lowest BCUT2D eigenvalue weighted by Gasteiger charge is -2.12. The molecule has 0 N–H and O–H groups in total. The predicted octanol–water partition coefficient (Wildman–Crippen LogP) is 1.10. The summed E-state index contributed by atoms with van der Waals surface area (Å²) < 4.78 is 21.9. The molecule has 0 bridgehead atoms. The van der Waals surface area contributed by atoms with E-state index in [1.165, 1.54) is 6.20 Å². The van der Waals surface area contributed by atoms with Crippen molar-refractivity contribution in [2.75, 3.05) is 13.5 Å². The van der Waals surface area contributed by atoms with Gasteiger partial charge in [-0.25, -0.2) is 0 Å². The fourth-order valence-corrected chi connectivity index (χ4v) is 1.49. The number of carbonyl (C=O) groups excluding carboxylic acids is 1. The summed E-state index contributed by atoms with van der Waals surface area (Å²) in [4.78, 5) is 16.9. The van der Waals surface area contributed by atoms with Crippen LogP contribution >= 0.6 is 0 Å². The topological polar surface area (TPSA) is 33.2 Å². The number of pyridine rings is 1. The van der Waals surface area contributed by atoms with Crippen LogP contribution < -0.4 is 0 Å². The normalized spacial score (nSPS) is 21.1. The molecule has 0 atom stereocenters. The van der Waals surface area contributed by atoms with Gasteiger partial charge < -0.3 is 4.90 Å². The van der Waals surface area contributed by atoms with E-state index in [2.05, 4.69) is 4.98 Å². The summed E-state index contributed by atoms with van der Waals surface area (Å²) in [6.45, 7) is -2.12. The van der Waals surface area contributed by atoms with Gasteiger partial charge in [0.25, 0.3) is 5.91 Å². The summed E-state index contributed by atoms with van der Waals surface area (Å²) in [5, 5.41) is 0. The minimum Gasteiger partial charge on any atom is -0.340 e. The van der Waals surface area contributed by atoms with E-state index >= 15 is 0 Å². The molecule has 1 aromatic heterocycles. The van der Waals surface area contributed by atoms with E-state index in [1.807, 2.05) is 6.07 Å². The molecule has 0 unspecified atom stereocenters. The molecule has 0 saturated heterocycles. The highest BCUT2D eigenvalue weighted by atomic mass is 16.2. The van der Waals surface area contributed by atoms with Crippen molar-refractivity contribution in [1.29, 1.82) is 0 Å². The van der Waals surface area contributed by atoms with E-state index in [1.54, 1.807) is 6.07 Å². The van der Waals surface area contributed by atoms with E-state index in [0.29, 0.717) is 12.8 Å². The van der Waals surface area contributed by atoms with Gasteiger partial charge in [0.15, 0.2) is 0 Å². The first-order chi connectivity index (χ1) is 7.50. The predicted molar refractivity (Wildman–Crippen MR) is 49.5 cm³/mol. The van der Waals surface area contributed by atoms with E-state index in [0.717, 1.165) is 10.5 Å². The molecule has 2 rings (SSSR count). The Morgan fingerprint density at radius 2 is 2.62 bits per heavy atom. The molecule has 0 fully saturated rings. The first-order valence-electron chi connectivity index (χ1n) is 5.76. The van der Waals surface area contributed by atoms with Crippen molar-refractivity contribution >= 4 is 5.91 Å². The highest BCUT2D eigenvalue weighted by Gasteiger charge is 2.19. The van der Waals surface area contributed by atoms with Gasteiger partial charge >= 0.3 is 0 Å². The molecule has 13 heavy (non-hydrogen) atoms. The van der Waals surface area contributed by atoms with E-state index in [-0.39, 0.29) is 12.2 Å². The van der Waals surface area contributed by atoms with Gasteiger partial charge in [0.2, 0.25) is 0 Å². The maximum Gasteiger partial charge on any atom is 0.272 e. The number of nitrogens with zero attached hydrogens (tertiary/aromatic N) is 2. The van der Waals surface area contributed by atoms with Gasteiger partial charge in [-0.15, -0.1) is 0 Å². The summed E-state index contributed by atoms with van der Waals surface area (Å²) in [7, 11) is 0. The highest BCUT2D eigenvalue weighted by molar-refractivity contribution is 5.93. The Labute approximate surface area is 81.6 Å². The number of carbonyl (C=O) groups is 1. The van der Waals surface area contributed by atoms with Crippen LogP contribution in [0.5, 0.6) is 0 Å². The molecule has 1 aromatic rings. The van der Waals surface area contributed by atoms with Crippen molar-refractivity contribution in [1.82, 2.24) is 9.88 Å². The Bertz CT molecular complexity index is 417. The number of aromatic nitrogens is 1. The SMILES string of the molecule is [2H]C([2H])([2H])N1CCCc2cccnc2C1=O. The fourth-order valence-electron chi connectivity index (χ4n) is 1.49. The third kappa shape index (κ3) is 1.41. The Morgan fingerprint density at radius 1 is 1.69 bits per heavy atom. The first-order valence-corrected chi connectivity index (χ1v) is 4.26. The molecule has 68 valence electrons. The van der Waals surface area contributed by atoms with E-state index in [4.69, 9.17) is 4.11 Å². The van der Waals surface area contributed by atoms with Gasteiger partial charge in [-0.2, -0.15) is 0 Å². The van der Waals surface area contributed by atoms with Crippen molar-refractivity contribution in [3.05, 3.63) is 29.6 Å². The van der Waals surface area contributed by atoms with Gasteiger partial charge in [0.1, 0.15) is 5.69 Å². The van der Waals surface area contributed by atoms with Crippen LogP contribution in [-0.4, -0.2) is 29.3 Å². The Morgan fingerprint density at radius 3 is 3.46 bits per heavy atom. The number of amides is 1. The van der Waals surface area contributed by atoms with Gasteiger partial charge in [-0.3, -0.25) is 9.78 Å². The minimum absolute atomic E-state index is 0.256. The Hall–Kier alpha value is -1.38. The maximum atomic E-state index is 12.0. The zero-order valence-corrected chi connectivity index (χ0v) is 7.16. The zero-order valence-electron chi connectivity index (χ0n) is 10.2. The van der Waals surface area contributed by atoms with Crippen molar-refractivity contribution < 1.29 is 8.91 Å². The van der Waals surface area contributed by atoms with Gasteiger partial charge in [0.05, 0.1) is 0 Å². The number of rotatable bonds is 0. The monoisotopic (exact) mass is 179 g/mol. The molecule has 0 radical (unpaired) electrons. The lowest BCUT2D eigenvalue weighted by molar-refractivity contribution is 0.0794.